The molecule has 1 fully saturated rings. The Balaban J connectivity index is 1.65. The molecule has 26 heavy (non-hydrogen) atoms. The topological polar surface area (TPSA) is 71.7 Å². The highest BCUT2D eigenvalue weighted by molar-refractivity contribution is 6.33. The summed E-state index contributed by atoms with van der Waals surface area (Å²) in [5.74, 6) is 1.34. The first-order chi connectivity index (χ1) is 12.2. The molecular formula is C18H23ClN4O3. The third kappa shape index (κ3) is 4.27. The standard InChI is InChI=1S/C18H23ClN4O3/c1-12-9-15(26-21-12)13-10-14(19)16(20-11-13)22-5-7-23(8-6-22)17(24)25-18(2,3)4/h9-11H,5-8H2,1-4H3. The van der Waals surface area contributed by atoms with E-state index < -0.39 is 5.60 Å². The highest BCUT2D eigenvalue weighted by Crippen LogP contribution is 2.30. The van der Waals surface area contributed by atoms with E-state index in [0.29, 0.717) is 42.8 Å². The maximum atomic E-state index is 12.2. The average Bonchev–Trinajstić information content (AvgIpc) is 3.00. The van der Waals surface area contributed by atoms with Crippen molar-refractivity contribution in [3.8, 4) is 11.3 Å². The lowest BCUT2D eigenvalue weighted by Gasteiger charge is -2.36. The van der Waals surface area contributed by atoms with E-state index >= 15 is 0 Å². The number of amides is 1. The lowest BCUT2D eigenvalue weighted by atomic mass is 10.2. The summed E-state index contributed by atoms with van der Waals surface area (Å²) < 4.78 is 10.7. The molecule has 0 unspecified atom stereocenters. The van der Waals surface area contributed by atoms with Gasteiger partial charge in [-0.2, -0.15) is 0 Å². The molecule has 3 heterocycles. The third-order valence-electron chi connectivity index (χ3n) is 3.97. The zero-order valence-electron chi connectivity index (χ0n) is 15.5. The van der Waals surface area contributed by atoms with Crippen LogP contribution in [0.1, 0.15) is 26.5 Å². The number of halogens is 1. The van der Waals surface area contributed by atoms with Crippen molar-refractivity contribution >= 4 is 23.5 Å². The van der Waals surface area contributed by atoms with Gasteiger partial charge in [-0.3, -0.25) is 0 Å². The van der Waals surface area contributed by atoms with Crippen molar-refractivity contribution in [3.63, 3.8) is 0 Å². The molecule has 0 saturated carbocycles. The molecule has 140 valence electrons. The SMILES string of the molecule is Cc1cc(-c2cnc(N3CCN(C(=O)OC(C)(C)C)CC3)c(Cl)c2)on1. The monoisotopic (exact) mass is 378 g/mol. The molecule has 0 N–H and O–H groups in total. The molecule has 0 bridgehead atoms. The molecule has 1 aliphatic rings. The predicted octanol–water partition coefficient (Wildman–Crippen LogP) is 3.76. The van der Waals surface area contributed by atoms with E-state index in [0.717, 1.165) is 11.3 Å². The normalized spacial score (nSPS) is 15.3. The van der Waals surface area contributed by atoms with Gasteiger partial charge in [0.05, 0.1) is 10.7 Å². The molecule has 2 aromatic rings. The summed E-state index contributed by atoms with van der Waals surface area (Å²) in [4.78, 5) is 20.4. The number of ether oxygens (including phenoxy) is 1. The molecule has 0 aliphatic carbocycles. The van der Waals surface area contributed by atoms with Crippen molar-refractivity contribution in [2.24, 2.45) is 0 Å². The van der Waals surface area contributed by atoms with Crippen LogP contribution in [0.5, 0.6) is 0 Å². The first kappa shape index (κ1) is 18.5. The second kappa shape index (κ2) is 7.15. The molecule has 3 rings (SSSR count). The van der Waals surface area contributed by atoms with Crippen LogP contribution in [0.3, 0.4) is 0 Å². The summed E-state index contributed by atoms with van der Waals surface area (Å²) in [5, 5.41) is 4.42. The van der Waals surface area contributed by atoms with Gasteiger partial charge >= 0.3 is 6.09 Å². The van der Waals surface area contributed by atoms with Crippen LogP contribution in [0.15, 0.2) is 22.9 Å². The van der Waals surface area contributed by atoms with Crippen molar-refractivity contribution in [1.29, 1.82) is 0 Å². The molecule has 0 aromatic carbocycles. The van der Waals surface area contributed by atoms with Crippen molar-refractivity contribution < 1.29 is 14.1 Å². The van der Waals surface area contributed by atoms with Crippen molar-refractivity contribution in [2.45, 2.75) is 33.3 Å². The molecule has 8 heteroatoms. The number of aromatic nitrogens is 2. The molecule has 0 radical (unpaired) electrons. The van der Waals surface area contributed by atoms with E-state index in [1.165, 1.54) is 0 Å². The van der Waals surface area contributed by atoms with Crippen LogP contribution in [-0.4, -0.2) is 52.9 Å². The number of hydrogen-bond donors (Lipinski definition) is 0. The fourth-order valence-corrected chi connectivity index (χ4v) is 3.01. The summed E-state index contributed by atoms with van der Waals surface area (Å²) >= 11 is 6.43. The van der Waals surface area contributed by atoms with Crippen molar-refractivity contribution in [2.75, 3.05) is 31.1 Å². The molecule has 1 saturated heterocycles. The Morgan fingerprint density at radius 3 is 2.46 bits per heavy atom. The fourth-order valence-electron chi connectivity index (χ4n) is 2.73. The number of hydrogen-bond acceptors (Lipinski definition) is 6. The summed E-state index contributed by atoms with van der Waals surface area (Å²) in [5.41, 5.74) is 1.10. The van der Waals surface area contributed by atoms with Gasteiger partial charge in [0.25, 0.3) is 0 Å². The molecule has 7 nitrogen and oxygen atoms in total. The fraction of sp³-hybridized carbons (Fsp3) is 0.500. The van der Waals surface area contributed by atoms with Crippen LogP contribution in [0.2, 0.25) is 5.02 Å². The number of carbonyl (C=O) groups is 1. The lowest BCUT2D eigenvalue weighted by Crippen LogP contribution is -2.50. The zero-order chi connectivity index (χ0) is 18.9. The van der Waals surface area contributed by atoms with Crippen molar-refractivity contribution in [1.82, 2.24) is 15.0 Å². The summed E-state index contributed by atoms with van der Waals surface area (Å²) in [6, 6.07) is 3.66. The van der Waals surface area contributed by atoms with Crippen LogP contribution in [0.4, 0.5) is 10.6 Å². The zero-order valence-corrected chi connectivity index (χ0v) is 16.2. The summed E-state index contributed by atoms with van der Waals surface area (Å²) in [6.07, 6.45) is 1.44. The maximum Gasteiger partial charge on any atom is 0.410 e. The number of piperazine rings is 1. The Bertz CT molecular complexity index is 792. The highest BCUT2D eigenvalue weighted by Gasteiger charge is 2.27. The Kier molecular flexibility index (Phi) is 5.09. The van der Waals surface area contributed by atoms with Gasteiger partial charge in [-0.05, 0) is 33.8 Å². The van der Waals surface area contributed by atoms with Gasteiger partial charge in [-0.15, -0.1) is 0 Å². The van der Waals surface area contributed by atoms with Crippen LogP contribution in [-0.2, 0) is 4.74 Å². The second-order valence-electron chi connectivity index (χ2n) is 7.32. The smallest absolute Gasteiger partial charge is 0.410 e. The van der Waals surface area contributed by atoms with E-state index in [1.807, 2.05) is 39.8 Å². The van der Waals surface area contributed by atoms with Gasteiger partial charge < -0.3 is 19.1 Å². The first-order valence-corrected chi connectivity index (χ1v) is 8.93. The third-order valence-corrected chi connectivity index (χ3v) is 4.24. The highest BCUT2D eigenvalue weighted by atomic mass is 35.5. The van der Waals surface area contributed by atoms with E-state index in [4.69, 9.17) is 20.9 Å². The average molecular weight is 379 g/mol. The molecule has 1 aliphatic heterocycles. The number of pyridine rings is 1. The number of rotatable bonds is 2. The Morgan fingerprint density at radius 2 is 1.92 bits per heavy atom. The molecular weight excluding hydrogens is 356 g/mol. The lowest BCUT2D eigenvalue weighted by molar-refractivity contribution is 0.0240. The van der Waals surface area contributed by atoms with Gasteiger partial charge in [-0.25, -0.2) is 9.78 Å². The van der Waals surface area contributed by atoms with Gasteiger partial charge in [0, 0.05) is 44.0 Å². The molecule has 2 aromatic heterocycles. The maximum absolute atomic E-state index is 12.2. The number of anilines is 1. The Hall–Kier alpha value is -2.28. The largest absolute Gasteiger partial charge is 0.444 e. The van der Waals surface area contributed by atoms with E-state index in [9.17, 15) is 4.79 Å². The number of nitrogens with zero attached hydrogens (tertiary/aromatic N) is 4. The predicted molar refractivity (Wildman–Crippen MR) is 99.5 cm³/mol. The Labute approximate surface area is 157 Å². The minimum atomic E-state index is -0.492. The van der Waals surface area contributed by atoms with Gasteiger partial charge in [0.2, 0.25) is 0 Å². The first-order valence-electron chi connectivity index (χ1n) is 8.55. The minimum Gasteiger partial charge on any atom is -0.444 e. The van der Waals surface area contributed by atoms with Crippen LogP contribution >= 0.6 is 11.6 Å². The molecule has 0 atom stereocenters. The summed E-state index contributed by atoms with van der Waals surface area (Å²) in [6.45, 7) is 9.87. The van der Waals surface area contributed by atoms with Crippen LogP contribution in [0.25, 0.3) is 11.3 Å². The van der Waals surface area contributed by atoms with Crippen LogP contribution in [0, 0.1) is 6.92 Å². The van der Waals surface area contributed by atoms with E-state index in [1.54, 1.807) is 11.1 Å². The minimum absolute atomic E-state index is 0.285. The Morgan fingerprint density at radius 1 is 1.23 bits per heavy atom. The van der Waals surface area contributed by atoms with Gasteiger partial charge in [0.15, 0.2) is 5.76 Å². The van der Waals surface area contributed by atoms with E-state index in [-0.39, 0.29) is 6.09 Å². The molecule has 1 amide bonds. The quantitative estimate of drug-likeness (QED) is 0.792. The van der Waals surface area contributed by atoms with Gasteiger partial charge in [-0.1, -0.05) is 16.8 Å². The van der Waals surface area contributed by atoms with Gasteiger partial charge in [0.1, 0.15) is 11.4 Å². The molecule has 0 spiro atoms. The second-order valence-corrected chi connectivity index (χ2v) is 7.72. The number of aryl methyl sites for hydroxylation is 1. The summed E-state index contributed by atoms with van der Waals surface area (Å²) in [7, 11) is 0. The van der Waals surface area contributed by atoms with Crippen LogP contribution < -0.4 is 4.90 Å². The van der Waals surface area contributed by atoms with E-state index in [2.05, 4.69) is 15.0 Å². The van der Waals surface area contributed by atoms with Crippen molar-refractivity contribution in [3.05, 3.63) is 29.0 Å². The number of carbonyl (C=O) groups excluding carboxylic acids is 1.